The van der Waals surface area contributed by atoms with Crippen LogP contribution in [0.5, 0.6) is 5.75 Å². The molecule has 1 aromatic heterocycles. The molecule has 0 aliphatic carbocycles. The van der Waals surface area contributed by atoms with Crippen LogP contribution in [0.25, 0.3) is 0 Å². The van der Waals surface area contributed by atoms with Crippen LogP contribution in [0.3, 0.4) is 0 Å². The zero-order valence-corrected chi connectivity index (χ0v) is 21.2. The van der Waals surface area contributed by atoms with Crippen molar-refractivity contribution < 1.29 is 31.7 Å². The molecule has 2 heterocycles. The summed E-state index contributed by atoms with van der Waals surface area (Å²) in [4.78, 5) is 51.3. The van der Waals surface area contributed by atoms with E-state index in [-0.39, 0.29) is 40.3 Å². The normalized spacial score (nSPS) is 17.4. The van der Waals surface area contributed by atoms with Gasteiger partial charge in [0.1, 0.15) is 0 Å². The minimum absolute atomic E-state index is 0.0803. The molecule has 0 saturated heterocycles. The van der Waals surface area contributed by atoms with Gasteiger partial charge in [-0.25, -0.2) is 0 Å². The quantitative estimate of drug-likeness (QED) is 0.244. The van der Waals surface area contributed by atoms with Gasteiger partial charge in [-0.05, 0) is 35.9 Å². The number of likely N-dealkylation sites (N-methyl/N-ethyl adjacent to an activating group) is 1. The first-order chi connectivity index (χ1) is 14.8. The molecule has 178 valence electrons. The molecule has 0 spiro atoms. The van der Waals surface area contributed by atoms with Crippen molar-refractivity contribution in [2.75, 3.05) is 40.6 Å². The van der Waals surface area contributed by atoms with Crippen LogP contribution in [-0.2, 0) is 23.9 Å². The van der Waals surface area contributed by atoms with Crippen molar-refractivity contribution in [1.82, 2.24) is 20.1 Å². The fourth-order valence-corrected chi connectivity index (χ4v) is 4.67. The first kappa shape index (κ1) is 26.1. The highest BCUT2D eigenvalue weighted by Gasteiger charge is 2.40. The first-order valence-corrected chi connectivity index (χ1v) is 12.4. The van der Waals surface area contributed by atoms with E-state index in [0.717, 1.165) is 11.2 Å². The van der Waals surface area contributed by atoms with Crippen LogP contribution in [0.4, 0.5) is 0 Å². The highest BCUT2D eigenvalue weighted by atomic mass is 127. The van der Waals surface area contributed by atoms with E-state index in [9.17, 15) is 27.6 Å². The Morgan fingerprint density at radius 3 is 2.41 bits per heavy atom. The van der Waals surface area contributed by atoms with E-state index in [4.69, 9.17) is 8.92 Å². The second-order valence-electron chi connectivity index (χ2n) is 7.24. The van der Waals surface area contributed by atoms with E-state index in [0.29, 0.717) is 0 Å². The van der Waals surface area contributed by atoms with Gasteiger partial charge in [-0.15, -0.1) is 0 Å². The van der Waals surface area contributed by atoms with Gasteiger partial charge in [-0.1, -0.05) is 0 Å². The molecule has 1 aliphatic heterocycles. The molecule has 12 nitrogen and oxygen atoms in total. The van der Waals surface area contributed by atoms with Gasteiger partial charge in [0.25, 0.3) is 16.0 Å². The molecule has 0 radical (unpaired) electrons. The fourth-order valence-electron chi connectivity index (χ4n) is 3.39. The molecule has 2 N–H and O–H groups in total. The van der Waals surface area contributed by atoms with Crippen molar-refractivity contribution in [3.63, 3.8) is 0 Å². The van der Waals surface area contributed by atoms with Gasteiger partial charge < -0.3 is 24.8 Å². The molecular formula is C18H25IN4O8S. The monoisotopic (exact) mass is 584 g/mol. The number of carbonyl (C=O) groups excluding carboxylic acids is 3. The largest absolute Gasteiger partial charge is 0.491 e. The summed E-state index contributed by atoms with van der Waals surface area (Å²) in [6, 6.07) is -1.60. The lowest BCUT2D eigenvalue weighted by atomic mass is 10.1. The topological polar surface area (TPSA) is 153 Å². The summed E-state index contributed by atoms with van der Waals surface area (Å²) in [6.45, 7) is 1.61. The number of amides is 3. The number of nitrogens with one attached hydrogen (secondary N) is 2. The van der Waals surface area contributed by atoms with Gasteiger partial charge in [-0.2, -0.15) is 8.42 Å². The number of hydrogen-bond acceptors (Lipinski definition) is 8. The van der Waals surface area contributed by atoms with E-state index in [2.05, 4.69) is 10.6 Å². The average Bonchev–Trinajstić information content (AvgIpc) is 3.05. The third-order valence-electron chi connectivity index (χ3n) is 4.69. The van der Waals surface area contributed by atoms with Crippen molar-refractivity contribution in [3.8, 4) is 5.75 Å². The van der Waals surface area contributed by atoms with Crippen LogP contribution in [0.1, 0.15) is 41.6 Å². The molecular weight excluding hydrogens is 559 g/mol. The summed E-state index contributed by atoms with van der Waals surface area (Å²) in [6.07, 6.45) is 0.968. The zero-order chi connectivity index (χ0) is 24.4. The maximum Gasteiger partial charge on any atom is 0.311 e. The Bertz CT molecular complexity index is 1100. The molecule has 0 fully saturated rings. The van der Waals surface area contributed by atoms with Crippen LogP contribution >= 0.6 is 22.6 Å². The van der Waals surface area contributed by atoms with Gasteiger partial charge in [0.05, 0.1) is 41.3 Å². The summed E-state index contributed by atoms with van der Waals surface area (Å²) in [7, 11) is 0.263. The number of pyridine rings is 1. The van der Waals surface area contributed by atoms with Crippen LogP contribution in [0.2, 0.25) is 0 Å². The van der Waals surface area contributed by atoms with Crippen LogP contribution < -0.4 is 20.8 Å². The Morgan fingerprint density at radius 1 is 1.28 bits per heavy atom. The number of fused-ring (bicyclic) bond motifs is 1. The lowest BCUT2D eigenvalue weighted by molar-refractivity contribution is -0.144. The van der Waals surface area contributed by atoms with E-state index in [1.807, 2.05) is 0 Å². The number of hydrogen-bond donors (Lipinski definition) is 2. The molecule has 14 heteroatoms. The molecule has 1 unspecified atom stereocenters. The Kier molecular flexibility index (Phi) is 8.27. The lowest BCUT2D eigenvalue weighted by Crippen LogP contribution is -2.41. The summed E-state index contributed by atoms with van der Waals surface area (Å²) < 4.78 is 35.0. The summed E-state index contributed by atoms with van der Waals surface area (Å²) in [5, 5.41) is 5.18. The van der Waals surface area contributed by atoms with Gasteiger partial charge in [0, 0.05) is 20.6 Å². The molecule has 3 amide bonds. The standard InChI is InChI=1S/C18H25IN4O8S/c1-6-20-16(25)13-15(30-4)14(24)11(19)12-10(21-17(26)18(27)22(2)3)7-9(23(12)13)8-31-32(5,28)29/h9-10H,6-8H2,1-5H3,(H,20,25)(H,21,26)/t9-,10?/m0/s1. The number of methoxy groups -OCH3 is 1. The zero-order valence-electron chi connectivity index (χ0n) is 18.2. The minimum Gasteiger partial charge on any atom is -0.491 e. The maximum absolute atomic E-state index is 12.9. The Morgan fingerprint density at radius 2 is 1.91 bits per heavy atom. The molecule has 0 saturated carbocycles. The smallest absolute Gasteiger partial charge is 0.311 e. The summed E-state index contributed by atoms with van der Waals surface area (Å²) >= 11 is 1.78. The Hall–Kier alpha value is -2.20. The maximum atomic E-state index is 12.9. The SMILES string of the molecule is CCNC(=O)c1c(OC)c(=O)c(I)c2n1[C@H](COS(C)(=O)=O)CC2NC(=O)C(=O)N(C)C. The number of carbonyl (C=O) groups is 3. The van der Waals surface area contributed by atoms with Gasteiger partial charge in [0.15, 0.2) is 11.4 Å². The number of ether oxygens (including phenoxy) is 1. The van der Waals surface area contributed by atoms with Gasteiger partial charge >= 0.3 is 11.8 Å². The Labute approximate surface area is 198 Å². The van der Waals surface area contributed by atoms with Gasteiger partial charge in [-0.3, -0.25) is 23.4 Å². The first-order valence-electron chi connectivity index (χ1n) is 9.50. The molecule has 2 atom stereocenters. The minimum atomic E-state index is -3.81. The number of rotatable bonds is 7. The number of halogens is 1. The lowest BCUT2D eigenvalue weighted by Gasteiger charge is -2.22. The second kappa shape index (κ2) is 10.2. The van der Waals surface area contributed by atoms with Gasteiger partial charge in [0.2, 0.25) is 5.43 Å². The van der Waals surface area contributed by atoms with Crippen molar-refractivity contribution in [2.45, 2.75) is 25.4 Å². The fraction of sp³-hybridized carbons (Fsp3) is 0.556. The highest BCUT2D eigenvalue weighted by Crippen LogP contribution is 2.39. The highest BCUT2D eigenvalue weighted by molar-refractivity contribution is 14.1. The predicted octanol–water partition coefficient (Wildman–Crippen LogP) is -0.622. The Balaban J connectivity index is 2.70. The molecule has 1 aromatic rings. The van der Waals surface area contributed by atoms with E-state index in [1.165, 1.54) is 25.8 Å². The van der Waals surface area contributed by atoms with E-state index < -0.39 is 45.4 Å². The molecule has 1 aliphatic rings. The van der Waals surface area contributed by atoms with Crippen molar-refractivity contribution >= 4 is 50.4 Å². The van der Waals surface area contributed by atoms with Crippen molar-refractivity contribution in [2.24, 2.45) is 0 Å². The summed E-state index contributed by atoms with van der Waals surface area (Å²) in [5.74, 6) is -2.54. The third kappa shape index (κ3) is 5.40. The second-order valence-corrected chi connectivity index (χ2v) is 9.97. The van der Waals surface area contributed by atoms with Crippen LogP contribution in [-0.4, -0.2) is 76.2 Å². The number of aromatic nitrogens is 1. The predicted molar refractivity (Wildman–Crippen MR) is 122 cm³/mol. The number of nitrogens with zero attached hydrogens (tertiary/aromatic N) is 2. The van der Waals surface area contributed by atoms with E-state index >= 15 is 0 Å². The van der Waals surface area contributed by atoms with Crippen LogP contribution in [0, 0.1) is 3.57 Å². The molecule has 32 heavy (non-hydrogen) atoms. The molecule has 0 aromatic carbocycles. The third-order valence-corrected chi connectivity index (χ3v) is 6.29. The summed E-state index contributed by atoms with van der Waals surface area (Å²) in [5.41, 5.74) is -0.421. The molecule has 2 rings (SSSR count). The van der Waals surface area contributed by atoms with Crippen molar-refractivity contribution in [1.29, 1.82) is 0 Å². The average molecular weight is 584 g/mol. The molecule has 0 bridgehead atoms. The van der Waals surface area contributed by atoms with Crippen molar-refractivity contribution in [3.05, 3.63) is 25.2 Å². The van der Waals surface area contributed by atoms with E-state index in [1.54, 1.807) is 29.5 Å². The van der Waals surface area contributed by atoms with Crippen LogP contribution in [0.15, 0.2) is 4.79 Å².